The van der Waals surface area contributed by atoms with Crippen molar-refractivity contribution in [2.24, 2.45) is 0 Å². The van der Waals surface area contributed by atoms with E-state index >= 15 is 0 Å². The minimum absolute atomic E-state index is 0.240. The van der Waals surface area contributed by atoms with Crippen LogP contribution in [0.2, 0.25) is 0 Å². The zero-order chi connectivity index (χ0) is 15.7. The predicted molar refractivity (Wildman–Crippen MR) is 79.7 cm³/mol. The summed E-state index contributed by atoms with van der Waals surface area (Å²) in [4.78, 5) is 25.9. The molecule has 1 aromatic rings. The summed E-state index contributed by atoms with van der Waals surface area (Å²) in [6.45, 7) is 8.12. The molecule has 1 N–H and O–H groups in total. The van der Waals surface area contributed by atoms with Crippen molar-refractivity contribution >= 4 is 11.9 Å². The number of imide groups is 1. The molecule has 0 aliphatic carbocycles. The summed E-state index contributed by atoms with van der Waals surface area (Å²) in [5, 5.41) is 2.78. The normalized spacial score (nSPS) is 22.6. The molecule has 1 saturated heterocycles. The summed E-state index contributed by atoms with van der Waals surface area (Å²) in [5.41, 5.74) is -0.509. The Bertz CT molecular complexity index is 536. The van der Waals surface area contributed by atoms with E-state index in [-0.39, 0.29) is 24.1 Å². The van der Waals surface area contributed by atoms with Gasteiger partial charge in [0.15, 0.2) is 0 Å². The van der Waals surface area contributed by atoms with Crippen LogP contribution in [-0.4, -0.2) is 35.6 Å². The molecule has 1 aliphatic rings. The van der Waals surface area contributed by atoms with Crippen LogP contribution in [0.5, 0.6) is 0 Å². The highest BCUT2D eigenvalue weighted by atomic mass is 16.5. The van der Waals surface area contributed by atoms with Crippen LogP contribution in [0.1, 0.15) is 33.3 Å². The number of nitrogens with one attached hydrogen (secondary N) is 1. The van der Waals surface area contributed by atoms with Crippen LogP contribution >= 0.6 is 0 Å². The molecule has 0 aromatic heterocycles. The van der Waals surface area contributed by atoms with Crippen LogP contribution in [0.4, 0.5) is 4.79 Å². The highest BCUT2D eigenvalue weighted by Crippen LogP contribution is 2.28. The number of benzene rings is 1. The second-order valence-corrected chi connectivity index (χ2v) is 6.34. The van der Waals surface area contributed by atoms with Crippen molar-refractivity contribution in [1.29, 1.82) is 0 Å². The van der Waals surface area contributed by atoms with E-state index in [4.69, 9.17) is 4.74 Å². The molecular formula is C16H22N2O3. The van der Waals surface area contributed by atoms with Gasteiger partial charge in [-0.25, -0.2) is 4.79 Å². The number of carbonyl (C=O) groups excluding carboxylic acids is 2. The zero-order valence-corrected chi connectivity index (χ0v) is 13.0. The molecule has 2 rings (SSSR count). The minimum Gasteiger partial charge on any atom is -0.374 e. The van der Waals surface area contributed by atoms with Gasteiger partial charge in [0.05, 0.1) is 18.8 Å². The predicted octanol–water partition coefficient (Wildman–Crippen LogP) is 2.27. The average Bonchev–Trinajstić information content (AvgIpc) is 2.63. The molecule has 0 spiro atoms. The van der Waals surface area contributed by atoms with Crippen LogP contribution in [0.15, 0.2) is 30.3 Å². The van der Waals surface area contributed by atoms with Crippen molar-refractivity contribution in [2.75, 3.05) is 13.2 Å². The molecule has 1 aromatic carbocycles. The number of nitrogens with zero attached hydrogens (tertiary/aromatic N) is 1. The smallest absolute Gasteiger partial charge is 0.325 e. The number of rotatable bonds is 4. The molecule has 1 aliphatic heterocycles. The Morgan fingerprint density at radius 3 is 2.38 bits per heavy atom. The number of hydrogen-bond acceptors (Lipinski definition) is 3. The van der Waals surface area contributed by atoms with Crippen molar-refractivity contribution < 1.29 is 14.3 Å². The topological polar surface area (TPSA) is 58.6 Å². The molecule has 3 amide bonds. The number of carbonyl (C=O) groups is 2. The van der Waals surface area contributed by atoms with Gasteiger partial charge in [0.25, 0.3) is 5.91 Å². The zero-order valence-electron chi connectivity index (χ0n) is 13.0. The van der Waals surface area contributed by atoms with E-state index in [0.717, 1.165) is 5.56 Å². The fourth-order valence-corrected chi connectivity index (χ4v) is 2.31. The monoisotopic (exact) mass is 290 g/mol. The Morgan fingerprint density at radius 1 is 1.19 bits per heavy atom. The van der Waals surface area contributed by atoms with Crippen molar-refractivity contribution in [3.05, 3.63) is 35.9 Å². The second kappa shape index (κ2) is 5.48. The van der Waals surface area contributed by atoms with E-state index in [2.05, 4.69) is 5.32 Å². The van der Waals surface area contributed by atoms with Gasteiger partial charge in [0.2, 0.25) is 0 Å². The lowest BCUT2D eigenvalue weighted by Crippen LogP contribution is -2.41. The van der Waals surface area contributed by atoms with Crippen LogP contribution in [0, 0.1) is 0 Å². The van der Waals surface area contributed by atoms with Crippen LogP contribution in [0.25, 0.3) is 0 Å². The maximum Gasteiger partial charge on any atom is 0.325 e. The molecular weight excluding hydrogens is 268 g/mol. The van der Waals surface area contributed by atoms with Gasteiger partial charge >= 0.3 is 6.03 Å². The van der Waals surface area contributed by atoms with E-state index in [1.54, 1.807) is 6.92 Å². The van der Waals surface area contributed by atoms with Gasteiger partial charge in [0, 0.05) is 0 Å². The summed E-state index contributed by atoms with van der Waals surface area (Å²) >= 11 is 0. The minimum atomic E-state index is -1.000. The lowest BCUT2D eigenvalue weighted by Gasteiger charge is -2.23. The van der Waals surface area contributed by atoms with E-state index in [0.29, 0.717) is 6.61 Å². The first-order chi connectivity index (χ1) is 9.74. The van der Waals surface area contributed by atoms with Gasteiger partial charge < -0.3 is 10.1 Å². The molecule has 0 saturated carbocycles. The maximum absolute atomic E-state index is 12.6. The van der Waals surface area contributed by atoms with Gasteiger partial charge in [-0.2, -0.15) is 0 Å². The Kier molecular flexibility index (Phi) is 4.05. The molecule has 5 heteroatoms. The largest absolute Gasteiger partial charge is 0.374 e. The Balaban J connectivity index is 2.10. The quantitative estimate of drug-likeness (QED) is 0.865. The fourth-order valence-electron chi connectivity index (χ4n) is 2.31. The number of urea groups is 1. The summed E-state index contributed by atoms with van der Waals surface area (Å²) in [6.07, 6.45) is 0. The third kappa shape index (κ3) is 3.24. The van der Waals surface area contributed by atoms with Gasteiger partial charge in [-0.3, -0.25) is 9.69 Å². The second-order valence-electron chi connectivity index (χ2n) is 6.34. The summed E-state index contributed by atoms with van der Waals surface area (Å²) < 4.78 is 5.59. The average molecular weight is 290 g/mol. The van der Waals surface area contributed by atoms with Crippen LogP contribution in [0.3, 0.4) is 0 Å². The first-order valence-electron chi connectivity index (χ1n) is 7.08. The molecule has 1 atom stereocenters. The van der Waals surface area contributed by atoms with E-state index in [9.17, 15) is 9.59 Å². The highest BCUT2D eigenvalue weighted by molar-refractivity contribution is 6.07. The van der Waals surface area contributed by atoms with Crippen molar-refractivity contribution in [3.8, 4) is 0 Å². The SMILES string of the molecule is CC(C)(C)OCCN1C(=O)N[C@@](C)(c2ccccc2)C1=O. The summed E-state index contributed by atoms with van der Waals surface area (Å²) in [5.74, 6) is -0.240. The third-order valence-corrected chi connectivity index (χ3v) is 3.48. The maximum atomic E-state index is 12.6. The molecule has 1 fully saturated rings. The van der Waals surface area contributed by atoms with Crippen molar-refractivity contribution in [3.63, 3.8) is 0 Å². The van der Waals surface area contributed by atoms with Gasteiger partial charge in [-0.1, -0.05) is 30.3 Å². The molecule has 0 bridgehead atoms. The lowest BCUT2D eigenvalue weighted by atomic mass is 9.92. The Hall–Kier alpha value is -1.88. The van der Waals surface area contributed by atoms with E-state index < -0.39 is 5.54 Å². The first-order valence-corrected chi connectivity index (χ1v) is 7.08. The van der Waals surface area contributed by atoms with Crippen LogP contribution in [-0.2, 0) is 15.1 Å². The fraction of sp³-hybridized carbons (Fsp3) is 0.500. The van der Waals surface area contributed by atoms with Gasteiger partial charge in [0.1, 0.15) is 5.54 Å². The molecule has 5 nitrogen and oxygen atoms in total. The molecule has 114 valence electrons. The lowest BCUT2D eigenvalue weighted by molar-refractivity contribution is -0.132. The standard InChI is InChI=1S/C16H22N2O3/c1-15(2,3)21-11-10-18-13(19)16(4,17-14(18)20)12-8-6-5-7-9-12/h5-9H,10-11H2,1-4H3,(H,17,20)/t16-/m0/s1. The number of ether oxygens (including phenoxy) is 1. The van der Waals surface area contributed by atoms with Crippen LogP contribution < -0.4 is 5.32 Å². The first kappa shape index (κ1) is 15.5. The van der Waals surface area contributed by atoms with Crippen molar-refractivity contribution in [1.82, 2.24) is 10.2 Å². The summed E-state index contributed by atoms with van der Waals surface area (Å²) in [6, 6.07) is 8.89. The summed E-state index contributed by atoms with van der Waals surface area (Å²) in [7, 11) is 0. The van der Waals surface area contributed by atoms with Gasteiger partial charge in [-0.15, -0.1) is 0 Å². The van der Waals surface area contributed by atoms with E-state index in [1.807, 2.05) is 51.1 Å². The molecule has 21 heavy (non-hydrogen) atoms. The molecule has 0 radical (unpaired) electrons. The number of amides is 3. The molecule has 1 heterocycles. The number of hydrogen-bond donors (Lipinski definition) is 1. The highest BCUT2D eigenvalue weighted by Gasteiger charge is 2.48. The van der Waals surface area contributed by atoms with Gasteiger partial charge in [-0.05, 0) is 33.3 Å². The Morgan fingerprint density at radius 2 is 1.81 bits per heavy atom. The van der Waals surface area contributed by atoms with E-state index in [1.165, 1.54) is 4.90 Å². The molecule has 0 unspecified atom stereocenters. The Labute approximate surface area is 125 Å². The van der Waals surface area contributed by atoms with Crippen molar-refractivity contribution in [2.45, 2.75) is 38.8 Å². The third-order valence-electron chi connectivity index (χ3n) is 3.48.